The number of carbonyl (C=O) groups excluding carboxylic acids is 2. The van der Waals surface area contributed by atoms with Gasteiger partial charge in [0.25, 0.3) is 5.69 Å². The molecule has 1 aliphatic rings. The summed E-state index contributed by atoms with van der Waals surface area (Å²) < 4.78 is 5.55. The van der Waals surface area contributed by atoms with E-state index in [1.165, 1.54) is 19.1 Å². The van der Waals surface area contributed by atoms with Gasteiger partial charge in [-0.2, -0.15) is 0 Å². The van der Waals surface area contributed by atoms with Gasteiger partial charge in [-0.3, -0.25) is 10.1 Å². The Morgan fingerprint density at radius 1 is 1.17 bits per heavy atom. The number of ether oxygens (including phenoxy) is 1. The van der Waals surface area contributed by atoms with E-state index in [0.717, 1.165) is 0 Å². The van der Waals surface area contributed by atoms with Gasteiger partial charge in [-0.1, -0.05) is 43.7 Å². The number of rotatable bonds is 8. The van der Waals surface area contributed by atoms with Crippen LogP contribution in [0.2, 0.25) is 0 Å². The fourth-order valence-corrected chi connectivity index (χ4v) is 3.74. The number of cyclic esters (lactones) is 1. The lowest BCUT2D eigenvalue weighted by Gasteiger charge is -2.31. The third-order valence-corrected chi connectivity index (χ3v) is 5.07. The lowest BCUT2D eigenvalue weighted by atomic mass is 9.74. The Bertz CT molecular complexity index is 953. The number of benzene rings is 2. The van der Waals surface area contributed by atoms with Crippen molar-refractivity contribution in [2.75, 3.05) is 0 Å². The highest BCUT2D eigenvalue weighted by Crippen LogP contribution is 2.43. The van der Waals surface area contributed by atoms with Crippen molar-refractivity contribution in [3.8, 4) is 0 Å². The molecule has 7 heteroatoms. The van der Waals surface area contributed by atoms with Crippen LogP contribution in [-0.4, -0.2) is 28.1 Å². The minimum atomic E-state index is -1.25. The van der Waals surface area contributed by atoms with Gasteiger partial charge in [0.05, 0.1) is 4.92 Å². The van der Waals surface area contributed by atoms with Crippen molar-refractivity contribution in [2.45, 2.75) is 44.6 Å². The van der Waals surface area contributed by atoms with Crippen molar-refractivity contribution in [1.82, 2.24) is 0 Å². The van der Waals surface area contributed by atoms with Gasteiger partial charge < -0.3 is 9.53 Å². The van der Waals surface area contributed by atoms with Gasteiger partial charge in [-0.05, 0) is 31.0 Å². The smallest absolute Gasteiger partial charge is 0.341 e. The summed E-state index contributed by atoms with van der Waals surface area (Å²) in [5.74, 6) is -0.934. The summed E-state index contributed by atoms with van der Waals surface area (Å²) in [7, 11) is 0. The largest absolute Gasteiger partial charge is 0.405 e. The first kappa shape index (κ1) is 20.4. The number of ketones is 1. The number of nitro benzene ring substituents is 1. The Morgan fingerprint density at radius 2 is 1.83 bits per heavy atom. The van der Waals surface area contributed by atoms with Gasteiger partial charge in [0, 0.05) is 30.0 Å². The Balaban J connectivity index is 2.11. The van der Waals surface area contributed by atoms with E-state index < -0.39 is 22.3 Å². The Labute approximate surface area is 168 Å². The third-order valence-electron chi connectivity index (χ3n) is 5.07. The van der Waals surface area contributed by atoms with Crippen LogP contribution >= 0.6 is 0 Å². The molecule has 150 valence electrons. The van der Waals surface area contributed by atoms with Crippen molar-refractivity contribution in [3.63, 3.8) is 0 Å². The van der Waals surface area contributed by atoms with Crippen LogP contribution in [0.3, 0.4) is 0 Å². The fourth-order valence-electron chi connectivity index (χ4n) is 3.74. The molecule has 0 saturated carbocycles. The Morgan fingerprint density at radius 3 is 2.38 bits per heavy atom. The van der Waals surface area contributed by atoms with Crippen molar-refractivity contribution >= 4 is 23.3 Å². The first-order chi connectivity index (χ1) is 13.9. The van der Waals surface area contributed by atoms with Crippen LogP contribution in [0.25, 0.3) is 0 Å². The van der Waals surface area contributed by atoms with Gasteiger partial charge in [0.2, 0.25) is 5.90 Å². The molecular weight excluding hydrogens is 372 g/mol. The van der Waals surface area contributed by atoms with Gasteiger partial charge in [0.1, 0.15) is 5.78 Å². The summed E-state index contributed by atoms with van der Waals surface area (Å²) in [6, 6.07) is 15.1. The minimum absolute atomic E-state index is 0.0534. The van der Waals surface area contributed by atoms with E-state index in [1.807, 2.05) is 25.1 Å². The first-order valence-electron chi connectivity index (χ1n) is 9.48. The van der Waals surface area contributed by atoms with Crippen LogP contribution in [0.1, 0.15) is 50.2 Å². The van der Waals surface area contributed by atoms with Crippen LogP contribution < -0.4 is 0 Å². The second-order valence-electron chi connectivity index (χ2n) is 7.15. The molecule has 0 amide bonds. The van der Waals surface area contributed by atoms with Crippen LogP contribution in [0.5, 0.6) is 0 Å². The maximum atomic E-state index is 13.1. The number of nitro groups is 1. The normalized spacial score (nSPS) is 19.4. The van der Waals surface area contributed by atoms with E-state index >= 15 is 0 Å². The number of carbonyl (C=O) groups is 2. The number of aliphatic imine (C=N–C) groups is 1. The molecule has 2 aromatic rings. The summed E-state index contributed by atoms with van der Waals surface area (Å²) in [4.78, 5) is 40.4. The molecule has 3 rings (SSSR count). The quantitative estimate of drug-likeness (QED) is 0.380. The number of esters is 1. The third kappa shape index (κ3) is 4.08. The molecule has 1 aliphatic heterocycles. The zero-order valence-electron chi connectivity index (χ0n) is 16.3. The first-order valence-corrected chi connectivity index (χ1v) is 9.48. The number of nitrogens with zero attached hydrogens (tertiary/aromatic N) is 2. The van der Waals surface area contributed by atoms with E-state index in [2.05, 4.69) is 0 Å². The molecule has 0 N–H and O–H groups in total. The van der Waals surface area contributed by atoms with Crippen LogP contribution in [-0.2, 0) is 14.3 Å². The van der Waals surface area contributed by atoms with Crippen molar-refractivity contribution in [1.29, 1.82) is 0 Å². The number of hydrogen-bond donors (Lipinski definition) is 0. The highest BCUT2D eigenvalue weighted by atomic mass is 16.6. The average molecular weight is 394 g/mol. The second kappa shape index (κ2) is 8.34. The molecule has 0 saturated heterocycles. The lowest BCUT2D eigenvalue weighted by molar-refractivity contribution is -0.384. The van der Waals surface area contributed by atoms with Crippen molar-refractivity contribution < 1.29 is 19.2 Å². The highest BCUT2D eigenvalue weighted by molar-refractivity contribution is 6.08. The molecule has 2 aromatic carbocycles. The predicted molar refractivity (Wildman–Crippen MR) is 108 cm³/mol. The van der Waals surface area contributed by atoms with Crippen LogP contribution in [0.15, 0.2) is 59.6 Å². The van der Waals surface area contributed by atoms with Crippen molar-refractivity contribution in [3.05, 3.63) is 75.8 Å². The van der Waals surface area contributed by atoms with E-state index in [9.17, 15) is 19.7 Å². The van der Waals surface area contributed by atoms with E-state index in [1.54, 1.807) is 24.3 Å². The fraction of sp³-hybridized carbons (Fsp3) is 0.318. The Hall–Kier alpha value is -3.35. The number of Topliss-reactive ketones (excluding diaryl/α,β-unsaturated/α-hetero) is 1. The summed E-state index contributed by atoms with van der Waals surface area (Å²) in [5.41, 5.74) is 0.0301. The lowest BCUT2D eigenvalue weighted by Crippen LogP contribution is -2.41. The molecule has 1 heterocycles. The SMILES string of the molecule is CCC[C@]1([C@@H](CC(C)=O)c2ccc([N+](=O)[O-])cc2)N=C(c2ccccc2)OC1=O. The summed E-state index contributed by atoms with van der Waals surface area (Å²) in [5, 5.41) is 11.0. The van der Waals surface area contributed by atoms with E-state index in [0.29, 0.717) is 24.0 Å². The predicted octanol–water partition coefficient (Wildman–Crippen LogP) is 4.20. The molecule has 0 unspecified atom stereocenters. The van der Waals surface area contributed by atoms with Crippen LogP contribution in [0.4, 0.5) is 5.69 Å². The van der Waals surface area contributed by atoms with E-state index in [4.69, 9.17) is 9.73 Å². The van der Waals surface area contributed by atoms with E-state index in [-0.39, 0.29) is 23.8 Å². The zero-order valence-corrected chi connectivity index (χ0v) is 16.3. The molecule has 0 aliphatic carbocycles. The summed E-state index contributed by atoms with van der Waals surface area (Å²) >= 11 is 0. The number of non-ortho nitro benzene ring substituents is 1. The molecule has 0 spiro atoms. The minimum Gasteiger partial charge on any atom is -0.405 e. The molecule has 0 radical (unpaired) electrons. The van der Waals surface area contributed by atoms with Gasteiger partial charge >= 0.3 is 5.97 Å². The Kier molecular flexibility index (Phi) is 5.87. The molecule has 0 aromatic heterocycles. The number of hydrogen-bond acceptors (Lipinski definition) is 6. The van der Waals surface area contributed by atoms with Gasteiger partial charge in [-0.25, -0.2) is 9.79 Å². The summed E-state index contributed by atoms with van der Waals surface area (Å²) in [6.45, 7) is 3.39. The monoisotopic (exact) mass is 394 g/mol. The summed E-state index contributed by atoms with van der Waals surface area (Å²) in [6.07, 6.45) is 1.14. The maximum absolute atomic E-state index is 13.1. The molecule has 0 bridgehead atoms. The molecule has 0 fully saturated rings. The second-order valence-corrected chi connectivity index (χ2v) is 7.15. The van der Waals surface area contributed by atoms with Crippen molar-refractivity contribution in [2.24, 2.45) is 4.99 Å². The van der Waals surface area contributed by atoms with Crippen LogP contribution in [0, 0.1) is 10.1 Å². The topological polar surface area (TPSA) is 98.9 Å². The molecule has 2 atom stereocenters. The molecular formula is C22H22N2O5. The molecule has 7 nitrogen and oxygen atoms in total. The standard InChI is InChI=1S/C22H22N2O5/c1-3-13-22(21(26)29-20(23-22)17-7-5-4-6-8-17)19(14-15(2)25)16-9-11-18(12-10-16)24(27)28/h4-12,19H,3,13-14H2,1-2H3/t19-,22+/m0/s1. The average Bonchev–Trinajstić information content (AvgIpc) is 3.04. The highest BCUT2D eigenvalue weighted by Gasteiger charge is 2.52. The zero-order chi connectivity index (χ0) is 21.0. The van der Waals surface area contributed by atoms with Gasteiger partial charge in [0.15, 0.2) is 5.54 Å². The van der Waals surface area contributed by atoms with Gasteiger partial charge in [-0.15, -0.1) is 0 Å². The maximum Gasteiger partial charge on any atom is 0.341 e. The molecule has 29 heavy (non-hydrogen) atoms.